The van der Waals surface area contributed by atoms with Gasteiger partial charge in [-0.3, -0.25) is 19.7 Å². The molecule has 1 fully saturated rings. The van der Waals surface area contributed by atoms with Gasteiger partial charge in [0.2, 0.25) is 5.91 Å². The number of aromatic amines is 1. The summed E-state index contributed by atoms with van der Waals surface area (Å²) in [6.07, 6.45) is 2.30. The number of benzene rings is 1. The highest BCUT2D eigenvalue weighted by Gasteiger charge is 2.22. The first-order chi connectivity index (χ1) is 15.5. The van der Waals surface area contributed by atoms with Gasteiger partial charge in [-0.1, -0.05) is 23.7 Å². The lowest BCUT2D eigenvalue weighted by atomic mass is 10.2. The fourth-order valence-corrected chi connectivity index (χ4v) is 4.54. The van der Waals surface area contributed by atoms with Crippen LogP contribution in [0.25, 0.3) is 0 Å². The maximum atomic E-state index is 12.6. The number of rotatable bonds is 6. The van der Waals surface area contributed by atoms with Crippen molar-refractivity contribution in [1.82, 2.24) is 14.9 Å². The molecule has 166 valence electrons. The van der Waals surface area contributed by atoms with E-state index in [2.05, 4.69) is 20.2 Å². The molecule has 0 atom stereocenters. The van der Waals surface area contributed by atoms with Crippen LogP contribution in [0.1, 0.15) is 22.5 Å². The molecule has 0 saturated carbocycles. The predicted octanol–water partition coefficient (Wildman–Crippen LogP) is 3.02. The van der Waals surface area contributed by atoms with Crippen LogP contribution in [-0.2, 0) is 11.2 Å². The molecule has 1 saturated heterocycles. The lowest BCUT2D eigenvalue weighted by Crippen LogP contribution is -2.48. The fourth-order valence-electron chi connectivity index (χ4n) is 3.54. The van der Waals surface area contributed by atoms with Crippen LogP contribution >= 0.6 is 22.9 Å². The molecule has 3 aromatic rings. The number of aryl methyl sites for hydroxylation is 1. The summed E-state index contributed by atoms with van der Waals surface area (Å²) in [5.74, 6) is -0.432. The molecule has 2 aromatic heterocycles. The van der Waals surface area contributed by atoms with Crippen molar-refractivity contribution in [3.05, 3.63) is 74.6 Å². The summed E-state index contributed by atoms with van der Waals surface area (Å²) < 4.78 is 0. The van der Waals surface area contributed by atoms with Crippen LogP contribution in [0.2, 0.25) is 5.02 Å². The van der Waals surface area contributed by atoms with Crippen LogP contribution in [0, 0.1) is 0 Å². The van der Waals surface area contributed by atoms with Crippen LogP contribution in [0.3, 0.4) is 0 Å². The highest BCUT2D eigenvalue weighted by atomic mass is 35.5. The van der Waals surface area contributed by atoms with Gasteiger partial charge in [0.15, 0.2) is 5.13 Å². The molecule has 0 unspecified atom stereocenters. The average Bonchev–Trinajstić information content (AvgIpc) is 3.25. The van der Waals surface area contributed by atoms with Crippen molar-refractivity contribution in [2.75, 3.05) is 36.4 Å². The van der Waals surface area contributed by atoms with Crippen molar-refractivity contribution < 1.29 is 9.59 Å². The van der Waals surface area contributed by atoms with Crippen LogP contribution in [0.4, 0.5) is 10.8 Å². The highest BCUT2D eigenvalue weighted by molar-refractivity contribution is 7.14. The number of carbonyl (C=O) groups is 2. The summed E-state index contributed by atoms with van der Waals surface area (Å²) >= 11 is 7.54. The summed E-state index contributed by atoms with van der Waals surface area (Å²) in [4.78, 5) is 47.5. The second-order valence-corrected chi connectivity index (χ2v) is 8.60. The number of pyridine rings is 1. The lowest BCUT2D eigenvalue weighted by Gasteiger charge is -2.36. The van der Waals surface area contributed by atoms with Crippen molar-refractivity contribution >= 4 is 45.6 Å². The smallest absolute Gasteiger partial charge is 0.263 e. The fraction of sp³-hybridized carbons (Fsp3) is 0.273. The van der Waals surface area contributed by atoms with Gasteiger partial charge in [0, 0.05) is 44.2 Å². The number of hydrogen-bond acceptors (Lipinski definition) is 6. The summed E-state index contributed by atoms with van der Waals surface area (Å²) in [7, 11) is 0. The van der Waals surface area contributed by atoms with Crippen molar-refractivity contribution in [2.45, 2.75) is 12.8 Å². The number of thiazole rings is 1. The van der Waals surface area contributed by atoms with E-state index in [1.54, 1.807) is 6.07 Å². The van der Waals surface area contributed by atoms with E-state index in [1.165, 1.54) is 23.6 Å². The van der Waals surface area contributed by atoms with E-state index in [4.69, 9.17) is 11.6 Å². The van der Waals surface area contributed by atoms with E-state index in [0.717, 1.165) is 29.5 Å². The summed E-state index contributed by atoms with van der Waals surface area (Å²) in [5, 5.41) is 5.56. The second kappa shape index (κ2) is 9.97. The molecule has 1 aliphatic rings. The molecular formula is C22H22ClN5O3S. The molecule has 0 bridgehead atoms. The van der Waals surface area contributed by atoms with E-state index in [-0.39, 0.29) is 11.5 Å². The minimum Gasteiger partial charge on any atom is -0.367 e. The maximum absolute atomic E-state index is 12.6. The number of halogens is 1. The van der Waals surface area contributed by atoms with E-state index in [0.29, 0.717) is 31.1 Å². The first-order valence-corrected chi connectivity index (χ1v) is 11.5. The van der Waals surface area contributed by atoms with Crippen LogP contribution in [-0.4, -0.2) is 52.9 Å². The average molecular weight is 472 g/mol. The zero-order chi connectivity index (χ0) is 22.5. The number of aromatic nitrogens is 2. The molecular weight excluding hydrogens is 450 g/mol. The number of H-pyrrole nitrogens is 1. The van der Waals surface area contributed by atoms with Crippen LogP contribution in [0.15, 0.2) is 52.8 Å². The van der Waals surface area contributed by atoms with E-state index < -0.39 is 11.5 Å². The second-order valence-electron chi connectivity index (χ2n) is 7.33. The van der Waals surface area contributed by atoms with Gasteiger partial charge in [0.05, 0.1) is 16.4 Å². The minimum atomic E-state index is -0.514. The topological polar surface area (TPSA) is 98.4 Å². The van der Waals surface area contributed by atoms with Gasteiger partial charge in [0.1, 0.15) is 5.56 Å². The SMILES string of the molecule is O=C(Nc1nc(CCC(=O)N2CCN(c3ccccc3Cl)CC2)cs1)c1ccc[nH]c1=O. The Labute approximate surface area is 193 Å². The van der Waals surface area contributed by atoms with Crippen LogP contribution in [0.5, 0.6) is 0 Å². The Bertz CT molecular complexity index is 1170. The third-order valence-corrected chi connectivity index (χ3v) is 6.38. The highest BCUT2D eigenvalue weighted by Crippen LogP contribution is 2.26. The van der Waals surface area contributed by atoms with E-state index >= 15 is 0 Å². The zero-order valence-electron chi connectivity index (χ0n) is 17.2. The Morgan fingerprint density at radius 2 is 1.91 bits per heavy atom. The molecule has 1 aromatic carbocycles. The van der Waals surface area contributed by atoms with Gasteiger partial charge < -0.3 is 14.8 Å². The predicted molar refractivity (Wildman–Crippen MR) is 126 cm³/mol. The van der Waals surface area contributed by atoms with E-state index in [1.807, 2.05) is 34.5 Å². The standard InChI is InChI=1S/C22H22ClN5O3S/c23-17-5-1-2-6-18(17)27-10-12-28(13-11-27)19(29)8-7-15-14-32-22(25-15)26-21(31)16-4-3-9-24-20(16)30/h1-6,9,14H,7-8,10-13H2,(H,24,30)(H,25,26,31). The molecule has 10 heteroatoms. The molecule has 3 heterocycles. The number of para-hydroxylation sites is 1. The van der Waals surface area contributed by atoms with Crippen molar-refractivity contribution in [2.24, 2.45) is 0 Å². The molecule has 8 nitrogen and oxygen atoms in total. The summed E-state index contributed by atoms with van der Waals surface area (Å²) in [6.45, 7) is 2.77. The summed E-state index contributed by atoms with van der Waals surface area (Å²) in [5.41, 5.74) is 1.29. The van der Waals surface area contributed by atoms with Gasteiger partial charge in [-0.05, 0) is 30.7 Å². The number of piperazine rings is 1. The van der Waals surface area contributed by atoms with Gasteiger partial charge in [-0.15, -0.1) is 11.3 Å². The number of nitrogens with zero attached hydrogens (tertiary/aromatic N) is 3. The minimum absolute atomic E-state index is 0.0235. The first kappa shape index (κ1) is 22.0. The maximum Gasteiger partial charge on any atom is 0.263 e. The normalized spacial score (nSPS) is 13.8. The largest absolute Gasteiger partial charge is 0.367 e. The van der Waals surface area contributed by atoms with Gasteiger partial charge >= 0.3 is 0 Å². The Hall–Kier alpha value is -3.17. The number of carbonyl (C=O) groups excluding carboxylic acids is 2. The Morgan fingerprint density at radius 1 is 1.12 bits per heavy atom. The number of hydrogen-bond donors (Lipinski definition) is 2. The molecule has 32 heavy (non-hydrogen) atoms. The quantitative estimate of drug-likeness (QED) is 0.575. The molecule has 2 amide bonds. The third-order valence-electron chi connectivity index (χ3n) is 5.26. The van der Waals surface area contributed by atoms with Crippen molar-refractivity contribution in [3.63, 3.8) is 0 Å². The molecule has 2 N–H and O–H groups in total. The van der Waals surface area contributed by atoms with Gasteiger partial charge in [0.25, 0.3) is 11.5 Å². The Balaban J connectivity index is 1.26. The molecule has 0 aliphatic carbocycles. The molecule has 1 aliphatic heterocycles. The molecule has 0 radical (unpaired) electrons. The zero-order valence-corrected chi connectivity index (χ0v) is 18.8. The summed E-state index contributed by atoms with van der Waals surface area (Å²) in [6, 6.07) is 10.8. The number of nitrogens with one attached hydrogen (secondary N) is 2. The van der Waals surface area contributed by atoms with Crippen molar-refractivity contribution in [1.29, 1.82) is 0 Å². The monoisotopic (exact) mass is 471 g/mol. The molecule has 0 spiro atoms. The van der Waals surface area contributed by atoms with Gasteiger partial charge in [-0.2, -0.15) is 0 Å². The first-order valence-electron chi connectivity index (χ1n) is 10.2. The molecule has 4 rings (SSSR count). The number of anilines is 2. The van der Waals surface area contributed by atoms with Gasteiger partial charge in [-0.25, -0.2) is 4.98 Å². The van der Waals surface area contributed by atoms with Crippen molar-refractivity contribution in [3.8, 4) is 0 Å². The Morgan fingerprint density at radius 3 is 2.66 bits per heavy atom. The number of amides is 2. The van der Waals surface area contributed by atoms with E-state index in [9.17, 15) is 14.4 Å². The van der Waals surface area contributed by atoms with Crippen LogP contribution < -0.4 is 15.8 Å². The Kier molecular flexibility index (Phi) is 6.87. The lowest BCUT2D eigenvalue weighted by molar-refractivity contribution is -0.131. The third kappa shape index (κ3) is 5.17.